The maximum Gasteiger partial charge on any atom is 0.108 e. The van der Waals surface area contributed by atoms with E-state index in [0.717, 1.165) is 51.1 Å². The van der Waals surface area contributed by atoms with Gasteiger partial charge in [0.25, 0.3) is 0 Å². The summed E-state index contributed by atoms with van der Waals surface area (Å²) in [7, 11) is 2.01. The topological polar surface area (TPSA) is 41.3 Å². The van der Waals surface area contributed by atoms with Crippen molar-refractivity contribution in [3.63, 3.8) is 0 Å². The predicted molar refractivity (Wildman–Crippen MR) is 67.8 cm³/mol. The minimum absolute atomic E-state index is 0.475. The highest BCUT2D eigenvalue weighted by Gasteiger charge is 2.31. The van der Waals surface area contributed by atoms with Crippen molar-refractivity contribution in [2.24, 2.45) is 7.05 Å². The van der Waals surface area contributed by atoms with Crippen molar-refractivity contribution in [1.29, 1.82) is 0 Å². The summed E-state index contributed by atoms with van der Waals surface area (Å²) < 4.78 is 2.03. The molecule has 1 fully saturated rings. The molecule has 17 heavy (non-hydrogen) atoms. The minimum Gasteiger partial charge on any atom is -0.390 e. The molecule has 4 heteroatoms. The summed E-state index contributed by atoms with van der Waals surface area (Å²) in [5, 5.41) is 10.5. The van der Waals surface area contributed by atoms with Crippen LogP contribution in [0.4, 0.5) is 0 Å². The molecule has 0 amide bonds. The Morgan fingerprint density at radius 1 is 1.41 bits per heavy atom. The van der Waals surface area contributed by atoms with E-state index in [2.05, 4.69) is 16.8 Å². The van der Waals surface area contributed by atoms with Crippen LogP contribution in [0.25, 0.3) is 0 Å². The number of imidazole rings is 1. The van der Waals surface area contributed by atoms with Crippen LogP contribution in [0, 0.1) is 0 Å². The van der Waals surface area contributed by atoms with Gasteiger partial charge in [-0.05, 0) is 25.8 Å². The summed E-state index contributed by atoms with van der Waals surface area (Å²) in [5.74, 6) is 1.07. The molecule has 0 aliphatic carbocycles. The first kappa shape index (κ1) is 12.6. The SMILES string of the molecule is CCN1CCC(O)(CCc2nccn2C)CC1. The second kappa shape index (κ2) is 5.19. The number of hydrogen-bond donors (Lipinski definition) is 1. The Hall–Kier alpha value is -0.870. The molecule has 4 nitrogen and oxygen atoms in total. The van der Waals surface area contributed by atoms with Crippen molar-refractivity contribution in [2.45, 2.75) is 38.2 Å². The Kier molecular flexibility index (Phi) is 3.84. The molecular formula is C13H23N3O. The summed E-state index contributed by atoms with van der Waals surface area (Å²) in [5.41, 5.74) is -0.475. The standard InChI is InChI=1S/C13H23N3O/c1-3-16-9-6-13(17,7-10-16)5-4-12-14-8-11-15(12)2/h8,11,17H,3-7,9-10H2,1-2H3. The van der Waals surface area contributed by atoms with Crippen LogP contribution in [0.1, 0.15) is 32.0 Å². The van der Waals surface area contributed by atoms with Crippen LogP contribution in [-0.4, -0.2) is 44.8 Å². The fourth-order valence-electron chi connectivity index (χ4n) is 2.52. The Morgan fingerprint density at radius 3 is 2.65 bits per heavy atom. The van der Waals surface area contributed by atoms with Gasteiger partial charge < -0.3 is 14.6 Å². The molecule has 2 rings (SSSR count). The van der Waals surface area contributed by atoms with Crippen LogP contribution in [0.2, 0.25) is 0 Å². The zero-order chi connectivity index (χ0) is 12.3. The van der Waals surface area contributed by atoms with E-state index in [0.29, 0.717) is 0 Å². The van der Waals surface area contributed by atoms with Crippen LogP contribution in [0.15, 0.2) is 12.4 Å². The highest BCUT2D eigenvalue weighted by Crippen LogP contribution is 2.26. The fourth-order valence-corrected chi connectivity index (χ4v) is 2.52. The molecular weight excluding hydrogens is 214 g/mol. The molecule has 0 radical (unpaired) electrons. The van der Waals surface area contributed by atoms with Gasteiger partial charge in [0.1, 0.15) is 5.82 Å². The molecule has 0 spiro atoms. The van der Waals surface area contributed by atoms with Gasteiger partial charge in [-0.15, -0.1) is 0 Å². The first-order valence-corrected chi connectivity index (χ1v) is 6.54. The van der Waals surface area contributed by atoms with Gasteiger partial charge in [0.2, 0.25) is 0 Å². The van der Waals surface area contributed by atoms with Gasteiger partial charge in [-0.3, -0.25) is 0 Å². The van der Waals surface area contributed by atoms with Crippen molar-refractivity contribution in [2.75, 3.05) is 19.6 Å². The van der Waals surface area contributed by atoms with Gasteiger partial charge in [-0.25, -0.2) is 4.98 Å². The number of likely N-dealkylation sites (tertiary alicyclic amines) is 1. The second-order valence-corrected chi connectivity index (χ2v) is 5.11. The number of aliphatic hydroxyl groups is 1. The number of rotatable bonds is 4. The largest absolute Gasteiger partial charge is 0.390 e. The number of aromatic nitrogens is 2. The van der Waals surface area contributed by atoms with Gasteiger partial charge in [0, 0.05) is 39.0 Å². The first-order chi connectivity index (χ1) is 8.13. The fraction of sp³-hybridized carbons (Fsp3) is 0.769. The molecule has 0 atom stereocenters. The zero-order valence-corrected chi connectivity index (χ0v) is 10.9. The molecule has 1 N–H and O–H groups in total. The summed E-state index contributed by atoms with van der Waals surface area (Å²) in [6.07, 6.45) is 7.26. The van der Waals surface area contributed by atoms with Crippen LogP contribution in [0.5, 0.6) is 0 Å². The van der Waals surface area contributed by atoms with Crippen molar-refractivity contribution in [1.82, 2.24) is 14.5 Å². The Bertz CT molecular complexity index is 353. The van der Waals surface area contributed by atoms with Crippen LogP contribution < -0.4 is 0 Å². The van der Waals surface area contributed by atoms with Crippen molar-refractivity contribution < 1.29 is 5.11 Å². The third kappa shape index (κ3) is 3.07. The molecule has 1 aromatic rings. The average molecular weight is 237 g/mol. The van der Waals surface area contributed by atoms with E-state index in [4.69, 9.17) is 0 Å². The van der Waals surface area contributed by atoms with E-state index in [1.807, 2.05) is 24.0 Å². The molecule has 0 unspecified atom stereocenters. The molecule has 0 bridgehead atoms. The van der Waals surface area contributed by atoms with Gasteiger partial charge in [-0.2, -0.15) is 0 Å². The maximum absolute atomic E-state index is 10.5. The monoisotopic (exact) mass is 237 g/mol. The molecule has 1 aliphatic heterocycles. The Morgan fingerprint density at radius 2 is 2.12 bits per heavy atom. The first-order valence-electron chi connectivity index (χ1n) is 6.54. The summed E-state index contributed by atoms with van der Waals surface area (Å²) in [4.78, 5) is 6.70. The zero-order valence-electron chi connectivity index (χ0n) is 10.9. The predicted octanol–water partition coefficient (Wildman–Crippen LogP) is 1.20. The highest BCUT2D eigenvalue weighted by molar-refractivity contribution is 4.95. The lowest BCUT2D eigenvalue weighted by molar-refractivity contribution is -0.0265. The van der Waals surface area contributed by atoms with E-state index in [-0.39, 0.29) is 0 Å². The molecule has 1 saturated heterocycles. The molecule has 1 aliphatic rings. The van der Waals surface area contributed by atoms with Crippen LogP contribution >= 0.6 is 0 Å². The lowest BCUT2D eigenvalue weighted by atomic mass is 9.87. The number of piperidine rings is 1. The third-order valence-corrected chi connectivity index (χ3v) is 3.97. The maximum atomic E-state index is 10.5. The number of hydrogen-bond acceptors (Lipinski definition) is 3. The van der Waals surface area contributed by atoms with E-state index >= 15 is 0 Å². The average Bonchev–Trinajstić information content (AvgIpc) is 2.74. The van der Waals surface area contributed by atoms with Crippen molar-refractivity contribution in [3.05, 3.63) is 18.2 Å². The molecule has 2 heterocycles. The van der Waals surface area contributed by atoms with E-state index in [1.165, 1.54) is 0 Å². The normalized spacial score (nSPS) is 20.6. The number of nitrogens with zero attached hydrogens (tertiary/aromatic N) is 3. The minimum atomic E-state index is -0.475. The summed E-state index contributed by atoms with van der Waals surface area (Å²) in [6.45, 7) is 5.31. The quantitative estimate of drug-likeness (QED) is 0.855. The van der Waals surface area contributed by atoms with Crippen molar-refractivity contribution in [3.8, 4) is 0 Å². The van der Waals surface area contributed by atoms with Gasteiger partial charge in [-0.1, -0.05) is 6.92 Å². The summed E-state index contributed by atoms with van der Waals surface area (Å²) in [6, 6.07) is 0. The molecule has 0 saturated carbocycles. The molecule has 96 valence electrons. The Labute approximate surface area is 103 Å². The van der Waals surface area contributed by atoms with E-state index in [9.17, 15) is 5.11 Å². The highest BCUT2D eigenvalue weighted by atomic mass is 16.3. The second-order valence-electron chi connectivity index (χ2n) is 5.11. The number of aryl methyl sites for hydroxylation is 2. The Balaban J connectivity index is 1.85. The van der Waals surface area contributed by atoms with Gasteiger partial charge in [0.05, 0.1) is 5.60 Å². The van der Waals surface area contributed by atoms with Gasteiger partial charge >= 0.3 is 0 Å². The van der Waals surface area contributed by atoms with E-state index in [1.54, 1.807) is 0 Å². The third-order valence-electron chi connectivity index (χ3n) is 3.97. The van der Waals surface area contributed by atoms with Crippen molar-refractivity contribution >= 4 is 0 Å². The van der Waals surface area contributed by atoms with Crippen LogP contribution in [-0.2, 0) is 13.5 Å². The van der Waals surface area contributed by atoms with Gasteiger partial charge in [0.15, 0.2) is 0 Å². The lowest BCUT2D eigenvalue weighted by Gasteiger charge is -2.37. The van der Waals surface area contributed by atoms with Crippen LogP contribution in [0.3, 0.4) is 0 Å². The van der Waals surface area contributed by atoms with E-state index < -0.39 is 5.60 Å². The lowest BCUT2D eigenvalue weighted by Crippen LogP contribution is -2.44. The smallest absolute Gasteiger partial charge is 0.108 e. The molecule has 0 aromatic carbocycles. The summed E-state index contributed by atoms with van der Waals surface area (Å²) >= 11 is 0. The molecule has 1 aromatic heterocycles.